The Kier molecular flexibility index (Phi) is 14.1. The van der Waals surface area contributed by atoms with Crippen molar-refractivity contribution in [1.29, 1.82) is 0 Å². The Balaban J connectivity index is 2.14. The summed E-state index contributed by atoms with van der Waals surface area (Å²) in [5.41, 5.74) is 0.164. The van der Waals surface area contributed by atoms with E-state index in [1.165, 1.54) is 109 Å². The lowest BCUT2D eigenvalue weighted by atomic mass is 9.77. The zero-order valence-corrected chi connectivity index (χ0v) is 24.4. The number of hydrogen-bond acceptors (Lipinski definition) is 2. The lowest BCUT2D eigenvalue weighted by Crippen LogP contribution is -2.66. The summed E-state index contributed by atoms with van der Waals surface area (Å²) in [6, 6.07) is 0.703. The number of quaternary nitrogens is 1. The Morgan fingerprint density at radius 3 is 1.42 bits per heavy atom. The monoisotopic (exact) mass is 551 g/mol. The summed E-state index contributed by atoms with van der Waals surface area (Å²) in [7, 11) is 4.92. The number of hydrogen-bond donors (Lipinski definition) is 0. The van der Waals surface area contributed by atoms with E-state index in [0.29, 0.717) is 6.04 Å². The fourth-order valence-corrected chi connectivity index (χ4v) is 6.85. The zero-order chi connectivity index (χ0) is 23.4. The number of nitrogens with zero attached hydrogens (tertiary/aromatic N) is 2. The summed E-state index contributed by atoms with van der Waals surface area (Å²) in [6.45, 7) is 13.0. The normalized spacial score (nSPS) is 19.7. The van der Waals surface area contributed by atoms with E-state index in [1.807, 2.05) is 0 Å². The Morgan fingerprint density at radius 2 is 1.06 bits per heavy atom. The van der Waals surface area contributed by atoms with E-state index < -0.39 is 0 Å². The maximum atomic E-state index is 5.77. The van der Waals surface area contributed by atoms with Crippen LogP contribution in [-0.4, -0.2) is 47.3 Å². The molecule has 186 valence electrons. The van der Waals surface area contributed by atoms with Crippen LogP contribution in [0.4, 0.5) is 0 Å². The third-order valence-electron chi connectivity index (χ3n) is 7.72. The van der Waals surface area contributed by atoms with E-state index in [9.17, 15) is 0 Å². The van der Waals surface area contributed by atoms with Crippen LogP contribution in [0.3, 0.4) is 0 Å². The summed E-state index contributed by atoms with van der Waals surface area (Å²) in [4.78, 5) is 0. The summed E-state index contributed by atoms with van der Waals surface area (Å²) < 4.78 is 6.92. The van der Waals surface area contributed by atoms with Gasteiger partial charge in [-0.25, -0.2) is 3.17 Å². The molecule has 0 spiro atoms. The molecule has 0 atom stereocenters. The van der Waals surface area contributed by atoms with Crippen LogP contribution in [0.15, 0.2) is 0 Å². The van der Waals surface area contributed by atoms with Crippen molar-refractivity contribution in [1.82, 2.24) is 5.06 Å². The topological polar surface area (TPSA) is 12.5 Å². The van der Waals surface area contributed by atoms with E-state index in [2.05, 4.69) is 76.8 Å². The molecule has 0 aromatic heterocycles. The van der Waals surface area contributed by atoms with Gasteiger partial charge in [0.05, 0.1) is 26.7 Å². The van der Waals surface area contributed by atoms with Crippen molar-refractivity contribution in [3.05, 3.63) is 0 Å². The third-order valence-corrected chi connectivity index (χ3v) is 8.11. The van der Waals surface area contributed by atoms with Crippen molar-refractivity contribution in [2.24, 2.45) is 0 Å². The van der Waals surface area contributed by atoms with Crippen LogP contribution in [0.5, 0.6) is 0 Å². The molecule has 0 radical (unpaired) electrons. The molecule has 1 heterocycles. The van der Waals surface area contributed by atoms with Gasteiger partial charge in [0.15, 0.2) is 0 Å². The molecule has 1 saturated heterocycles. The molecule has 4 heteroatoms. The first-order chi connectivity index (χ1) is 14.6. The standard InChI is InChI=1S/C27H56IN2O/c1-8-9-10-11-12-13-14-15-16-17-18-19-20-21-22-30(6,7)25-23-26(2,3)29(31-28)27(4,5)24-25/h25H,8-24H2,1-7H3/q+1. The smallest absolute Gasteiger partial charge is 0.137 e. The van der Waals surface area contributed by atoms with Gasteiger partial charge in [-0.2, -0.15) is 5.06 Å². The molecule has 0 bridgehead atoms. The second-order valence-electron chi connectivity index (χ2n) is 12.1. The van der Waals surface area contributed by atoms with Crippen LogP contribution in [-0.2, 0) is 3.17 Å². The molecule has 1 aliphatic rings. The molecular formula is C27H56IN2O+. The highest BCUT2D eigenvalue weighted by Gasteiger charge is 2.50. The van der Waals surface area contributed by atoms with Crippen molar-refractivity contribution >= 4 is 23.0 Å². The van der Waals surface area contributed by atoms with Gasteiger partial charge in [-0.3, -0.25) is 0 Å². The van der Waals surface area contributed by atoms with E-state index in [0.717, 1.165) is 4.48 Å². The van der Waals surface area contributed by atoms with Crippen molar-refractivity contribution in [3.8, 4) is 0 Å². The van der Waals surface area contributed by atoms with E-state index in [4.69, 9.17) is 3.17 Å². The van der Waals surface area contributed by atoms with Crippen LogP contribution in [0, 0.1) is 0 Å². The lowest BCUT2D eigenvalue weighted by molar-refractivity contribution is -0.918. The maximum absolute atomic E-state index is 5.77. The molecule has 1 fully saturated rings. The van der Waals surface area contributed by atoms with Crippen LogP contribution >= 0.6 is 23.0 Å². The molecule has 0 aromatic rings. The minimum atomic E-state index is 0.0820. The molecule has 0 unspecified atom stereocenters. The summed E-state index contributed by atoms with van der Waals surface area (Å²) in [6.07, 6.45) is 22.5. The summed E-state index contributed by atoms with van der Waals surface area (Å²) in [5.74, 6) is 0. The molecule has 0 aliphatic carbocycles. The van der Waals surface area contributed by atoms with Crippen molar-refractivity contribution in [3.63, 3.8) is 0 Å². The van der Waals surface area contributed by atoms with Crippen LogP contribution < -0.4 is 0 Å². The second kappa shape index (κ2) is 14.8. The molecule has 31 heavy (non-hydrogen) atoms. The van der Waals surface area contributed by atoms with Crippen LogP contribution in [0.1, 0.15) is 137 Å². The van der Waals surface area contributed by atoms with Gasteiger partial charge in [-0.05, 0) is 40.5 Å². The van der Waals surface area contributed by atoms with Gasteiger partial charge in [0.2, 0.25) is 0 Å². The number of unbranched alkanes of at least 4 members (excludes halogenated alkanes) is 13. The average molecular weight is 552 g/mol. The molecule has 1 rings (SSSR count). The maximum Gasteiger partial charge on any atom is 0.137 e. The summed E-state index contributed by atoms with van der Waals surface area (Å²) in [5, 5.41) is 2.23. The fourth-order valence-electron chi connectivity index (χ4n) is 5.79. The van der Waals surface area contributed by atoms with Gasteiger partial charge in [-0.1, -0.05) is 84.0 Å². The van der Waals surface area contributed by atoms with Gasteiger partial charge >= 0.3 is 0 Å². The highest BCUT2D eigenvalue weighted by Crippen LogP contribution is 2.42. The molecule has 0 N–H and O–H groups in total. The lowest BCUT2D eigenvalue weighted by Gasteiger charge is -2.55. The Bertz CT molecular complexity index is 446. The first-order valence-electron chi connectivity index (χ1n) is 13.5. The molecule has 0 amide bonds. The van der Waals surface area contributed by atoms with Gasteiger partial charge in [0.1, 0.15) is 23.0 Å². The molecule has 0 saturated carbocycles. The van der Waals surface area contributed by atoms with Crippen LogP contribution in [0.2, 0.25) is 0 Å². The Morgan fingerprint density at radius 1 is 0.710 bits per heavy atom. The minimum absolute atomic E-state index is 0.0820. The molecule has 3 nitrogen and oxygen atoms in total. The predicted molar refractivity (Wildman–Crippen MR) is 145 cm³/mol. The van der Waals surface area contributed by atoms with Crippen molar-refractivity contribution < 1.29 is 7.65 Å². The van der Waals surface area contributed by atoms with Gasteiger partial charge in [-0.15, -0.1) is 0 Å². The second-order valence-corrected chi connectivity index (χ2v) is 12.5. The Labute approximate surface area is 210 Å². The van der Waals surface area contributed by atoms with Crippen molar-refractivity contribution in [2.75, 3.05) is 20.6 Å². The van der Waals surface area contributed by atoms with E-state index in [-0.39, 0.29) is 11.1 Å². The van der Waals surface area contributed by atoms with Gasteiger partial charge in [0.25, 0.3) is 0 Å². The first-order valence-corrected chi connectivity index (χ1v) is 14.4. The Hall–Kier alpha value is 0.610. The number of halogens is 1. The van der Waals surface area contributed by atoms with E-state index in [1.54, 1.807) is 0 Å². The molecule has 1 aliphatic heterocycles. The highest BCUT2D eigenvalue weighted by molar-refractivity contribution is 14.1. The fraction of sp³-hybridized carbons (Fsp3) is 1.00. The first kappa shape index (κ1) is 29.6. The zero-order valence-electron chi connectivity index (χ0n) is 22.3. The number of hydroxylamine groups is 2. The quantitative estimate of drug-likeness (QED) is 0.102. The molecule has 0 aromatic carbocycles. The minimum Gasteiger partial charge on any atom is -0.326 e. The average Bonchev–Trinajstić information content (AvgIpc) is 2.66. The summed E-state index contributed by atoms with van der Waals surface area (Å²) >= 11 is 2.06. The number of piperidine rings is 1. The predicted octanol–water partition coefficient (Wildman–Crippen LogP) is 8.85. The van der Waals surface area contributed by atoms with Gasteiger partial charge in [0, 0.05) is 23.9 Å². The third kappa shape index (κ3) is 11.1. The van der Waals surface area contributed by atoms with Crippen molar-refractivity contribution in [2.45, 2.75) is 154 Å². The largest absolute Gasteiger partial charge is 0.326 e. The van der Waals surface area contributed by atoms with E-state index >= 15 is 0 Å². The number of rotatable bonds is 17. The molecular weight excluding hydrogens is 495 g/mol. The van der Waals surface area contributed by atoms with Gasteiger partial charge < -0.3 is 4.48 Å². The SMILES string of the molecule is CCCCCCCCCCCCCCCC[N+](C)(C)C1CC(C)(C)N(OI)C(C)(C)C1. The van der Waals surface area contributed by atoms with Crippen LogP contribution in [0.25, 0.3) is 0 Å². The highest BCUT2D eigenvalue weighted by atomic mass is 127.